The molecule has 0 aliphatic rings. The molecule has 5 nitrogen and oxygen atoms in total. The molecule has 1 heterocycles. The first-order chi connectivity index (χ1) is 10.6. The lowest BCUT2D eigenvalue weighted by atomic mass is 10.3. The van der Waals surface area contributed by atoms with Gasteiger partial charge in [0, 0.05) is 11.1 Å². The third-order valence-corrected chi connectivity index (χ3v) is 3.79. The summed E-state index contributed by atoms with van der Waals surface area (Å²) in [5.41, 5.74) is 0.803. The molecule has 0 saturated heterocycles. The van der Waals surface area contributed by atoms with Crippen LogP contribution in [0.3, 0.4) is 0 Å². The smallest absolute Gasteiger partial charge is 0.341 e. The van der Waals surface area contributed by atoms with Gasteiger partial charge in [0.25, 0.3) is 5.91 Å². The van der Waals surface area contributed by atoms with Crippen molar-refractivity contribution in [2.24, 2.45) is 0 Å². The second kappa shape index (κ2) is 7.82. The molecule has 0 aliphatic heterocycles. The second-order valence-electron chi connectivity index (χ2n) is 4.17. The van der Waals surface area contributed by atoms with Crippen LogP contribution in [0.4, 0.5) is 5.69 Å². The van der Waals surface area contributed by atoms with E-state index in [1.54, 1.807) is 12.1 Å². The van der Waals surface area contributed by atoms with Gasteiger partial charge in [-0.2, -0.15) is 0 Å². The third kappa shape index (κ3) is 4.22. The van der Waals surface area contributed by atoms with E-state index in [1.165, 1.54) is 24.0 Å². The summed E-state index contributed by atoms with van der Waals surface area (Å²) < 4.78 is 4.93. The average molecular weight is 337 g/mol. The van der Waals surface area contributed by atoms with Crippen molar-refractivity contribution in [3.8, 4) is 0 Å². The molecule has 0 bridgehead atoms. The molecule has 0 spiro atoms. The summed E-state index contributed by atoms with van der Waals surface area (Å²) in [7, 11) is 0. The van der Waals surface area contributed by atoms with Gasteiger partial charge < -0.3 is 10.1 Å². The molecule has 0 atom stereocenters. The Labute approximate surface area is 137 Å². The zero-order valence-electron chi connectivity index (χ0n) is 11.7. The van der Waals surface area contributed by atoms with Gasteiger partial charge in [-0.05, 0) is 30.5 Å². The first kappa shape index (κ1) is 16.3. The van der Waals surface area contributed by atoms with Crippen molar-refractivity contribution in [2.45, 2.75) is 4.90 Å². The maximum atomic E-state index is 11.9. The Bertz CT molecular complexity index is 694. The minimum Gasteiger partial charge on any atom is -0.452 e. The van der Waals surface area contributed by atoms with E-state index >= 15 is 0 Å². The number of nitrogens with zero attached hydrogens (tertiary/aromatic N) is 1. The quantitative estimate of drug-likeness (QED) is 0.515. The molecular weight excluding hydrogens is 324 g/mol. The number of esters is 1. The Morgan fingerprint density at radius 2 is 2.05 bits per heavy atom. The number of hydrogen-bond acceptors (Lipinski definition) is 5. The van der Waals surface area contributed by atoms with E-state index < -0.39 is 18.5 Å². The minimum atomic E-state index is -0.689. The lowest BCUT2D eigenvalue weighted by Gasteiger charge is -2.09. The van der Waals surface area contributed by atoms with Crippen LogP contribution in [0.25, 0.3) is 0 Å². The Hall–Kier alpha value is -2.05. The zero-order chi connectivity index (χ0) is 15.9. The van der Waals surface area contributed by atoms with Crippen LogP contribution in [0, 0.1) is 0 Å². The normalized spacial score (nSPS) is 10.1. The summed E-state index contributed by atoms with van der Waals surface area (Å²) >= 11 is 7.30. The highest BCUT2D eigenvalue weighted by molar-refractivity contribution is 7.98. The van der Waals surface area contributed by atoms with E-state index in [-0.39, 0.29) is 10.7 Å². The van der Waals surface area contributed by atoms with E-state index in [4.69, 9.17) is 16.3 Å². The summed E-state index contributed by atoms with van der Waals surface area (Å²) in [5.74, 6) is -1.11. The fraction of sp³-hybridized carbons (Fsp3) is 0.133. The number of halogens is 1. The van der Waals surface area contributed by atoms with Crippen molar-refractivity contribution >= 4 is 40.9 Å². The molecule has 0 unspecified atom stereocenters. The topological polar surface area (TPSA) is 68.3 Å². The van der Waals surface area contributed by atoms with E-state index in [1.807, 2.05) is 24.5 Å². The second-order valence-corrected chi connectivity index (χ2v) is 5.37. The van der Waals surface area contributed by atoms with Crippen LogP contribution in [-0.4, -0.2) is 29.7 Å². The SMILES string of the molecule is CSc1ccccc1NC(=O)COC(=O)c1cccnc1Cl. The van der Waals surface area contributed by atoms with Gasteiger partial charge in [0.2, 0.25) is 0 Å². The van der Waals surface area contributed by atoms with E-state index in [9.17, 15) is 9.59 Å². The maximum absolute atomic E-state index is 11.9. The van der Waals surface area contributed by atoms with Crippen LogP contribution in [-0.2, 0) is 9.53 Å². The highest BCUT2D eigenvalue weighted by atomic mass is 35.5. The van der Waals surface area contributed by atoms with Gasteiger partial charge in [-0.1, -0.05) is 23.7 Å². The van der Waals surface area contributed by atoms with Gasteiger partial charge in [0.1, 0.15) is 5.15 Å². The number of hydrogen-bond donors (Lipinski definition) is 1. The molecule has 1 aromatic heterocycles. The van der Waals surface area contributed by atoms with Crippen molar-refractivity contribution in [1.82, 2.24) is 4.98 Å². The molecule has 1 N–H and O–H groups in total. The Morgan fingerprint density at radius 3 is 2.77 bits per heavy atom. The Morgan fingerprint density at radius 1 is 1.27 bits per heavy atom. The summed E-state index contributed by atoms with van der Waals surface area (Å²) in [6.45, 7) is -0.396. The van der Waals surface area contributed by atoms with Crippen LogP contribution < -0.4 is 5.32 Å². The number of nitrogens with one attached hydrogen (secondary N) is 1. The van der Waals surface area contributed by atoms with E-state index in [0.29, 0.717) is 5.69 Å². The fourth-order valence-corrected chi connectivity index (χ4v) is 2.43. The summed E-state index contributed by atoms with van der Waals surface area (Å²) in [5, 5.41) is 2.74. The first-order valence-electron chi connectivity index (χ1n) is 6.32. The number of amides is 1. The number of aromatic nitrogens is 1. The van der Waals surface area contributed by atoms with Crippen molar-refractivity contribution < 1.29 is 14.3 Å². The predicted octanol–water partition coefficient (Wildman–Crippen LogP) is 3.25. The number of anilines is 1. The largest absolute Gasteiger partial charge is 0.452 e. The number of rotatable bonds is 5. The van der Waals surface area contributed by atoms with Crippen molar-refractivity contribution in [3.05, 3.63) is 53.3 Å². The molecule has 22 heavy (non-hydrogen) atoms. The van der Waals surface area contributed by atoms with Crippen LogP contribution in [0.5, 0.6) is 0 Å². The molecule has 114 valence electrons. The van der Waals surface area contributed by atoms with Gasteiger partial charge >= 0.3 is 5.97 Å². The van der Waals surface area contributed by atoms with Gasteiger partial charge in [0.15, 0.2) is 6.61 Å². The summed E-state index contributed by atoms with van der Waals surface area (Å²) in [6, 6.07) is 10.4. The van der Waals surface area contributed by atoms with E-state index in [2.05, 4.69) is 10.3 Å². The number of carbonyl (C=O) groups is 2. The lowest BCUT2D eigenvalue weighted by molar-refractivity contribution is -0.119. The van der Waals surface area contributed by atoms with Crippen molar-refractivity contribution in [1.29, 1.82) is 0 Å². The van der Waals surface area contributed by atoms with Crippen LogP contribution >= 0.6 is 23.4 Å². The number of carbonyl (C=O) groups excluding carboxylic acids is 2. The monoisotopic (exact) mass is 336 g/mol. The molecule has 0 fully saturated rings. The molecule has 2 aromatic rings. The van der Waals surface area contributed by atoms with Gasteiger partial charge in [0.05, 0.1) is 11.3 Å². The molecule has 0 aliphatic carbocycles. The predicted molar refractivity (Wildman–Crippen MR) is 86.4 cm³/mol. The highest BCUT2D eigenvalue weighted by Crippen LogP contribution is 2.24. The first-order valence-corrected chi connectivity index (χ1v) is 7.92. The Balaban J connectivity index is 1.93. The fourth-order valence-electron chi connectivity index (χ4n) is 1.68. The van der Waals surface area contributed by atoms with Gasteiger partial charge in [-0.15, -0.1) is 11.8 Å². The van der Waals surface area contributed by atoms with E-state index in [0.717, 1.165) is 4.90 Å². The molecule has 1 amide bonds. The Kier molecular flexibility index (Phi) is 5.80. The van der Waals surface area contributed by atoms with Gasteiger partial charge in [-0.3, -0.25) is 4.79 Å². The van der Waals surface area contributed by atoms with Crippen molar-refractivity contribution in [2.75, 3.05) is 18.2 Å². The summed E-state index contributed by atoms with van der Waals surface area (Å²) in [4.78, 5) is 28.4. The molecule has 0 saturated carbocycles. The number of thioether (sulfide) groups is 1. The number of benzene rings is 1. The average Bonchev–Trinajstić information content (AvgIpc) is 2.53. The standard InChI is InChI=1S/C15H13ClN2O3S/c1-22-12-7-3-2-6-11(12)18-13(19)9-21-15(20)10-5-4-8-17-14(10)16/h2-8H,9H2,1H3,(H,18,19). The minimum absolute atomic E-state index is 0.0423. The van der Waals surface area contributed by atoms with Crippen LogP contribution in [0.15, 0.2) is 47.5 Å². The molecule has 1 aromatic carbocycles. The van der Waals surface area contributed by atoms with Gasteiger partial charge in [-0.25, -0.2) is 9.78 Å². The third-order valence-electron chi connectivity index (χ3n) is 2.69. The molecule has 0 radical (unpaired) electrons. The maximum Gasteiger partial charge on any atom is 0.341 e. The molecular formula is C15H13ClN2O3S. The van der Waals surface area contributed by atoms with Crippen LogP contribution in [0.2, 0.25) is 5.15 Å². The summed E-state index contributed by atoms with van der Waals surface area (Å²) in [6.07, 6.45) is 3.38. The lowest BCUT2D eigenvalue weighted by Crippen LogP contribution is -2.21. The van der Waals surface area contributed by atoms with Crippen LogP contribution in [0.1, 0.15) is 10.4 Å². The van der Waals surface area contributed by atoms with Crippen molar-refractivity contribution in [3.63, 3.8) is 0 Å². The highest BCUT2D eigenvalue weighted by Gasteiger charge is 2.14. The zero-order valence-corrected chi connectivity index (χ0v) is 13.3. The number of para-hydroxylation sites is 1. The molecule has 2 rings (SSSR count). The number of ether oxygens (including phenoxy) is 1. The molecule has 7 heteroatoms. The number of pyridine rings is 1.